The maximum atomic E-state index is 5.86. The van der Waals surface area contributed by atoms with Gasteiger partial charge in [-0.3, -0.25) is 0 Å². The molecule has 134 valence electrons. The lowest BCUT2D eigenvalue weighted by molar-refractivity contribution is 0.534. The molecule has 0 aromatic heterocycles. The molecule has 0 aliphatic rings. The maximum absolute atomic E-state index is 5.86. The quantitative estimate of drug-likeness (QED) is 0.0977. The fraction of sp³-hybridized carbons (Fsp3) is 1.00. The third-order valence-corrected chi connectivity index (χ3v) is 6.98. The SMILES string of the molecule is ClCCCCCCCCCCCCCCCCC[Si](Cl)(Cl)Cl. The number of rotatable bonds is 17. The molecule has 0 saturated carbocycles. The van der Waals surface area contributed by atoms with Gasteiger partial charge in [0.15, 0.2) is 0 Å². The van der Waals surface area contributed by atoms with Crippen LogP contribution in [0.15, 0.2) is 0 Å². The second-order valence-corrected chi connectivity index (χ2v) is 16.0. The van der Waals surface area contributed by atoms with E-state index in [1.54, 1.807) is 0 Å². The summed E-state index contributed by atoms with van der Waals surface area (Å²) in [4.78, 5) is 0. The average molecular weight is 408 g/mol. The summed E-state index contributed by atoms with van der Waals surface area (Å²) in [6.07, 6.45) is 20.1. The molecule has 5 heteroatoms. The maximum Gasteiger partial charge on any atom is 0.341 e. The Morgan fingerprint density at radius 3 is 0.955 bits per heavy atom. The first-order valence-corrected chi connectivity index (χ1v) is 15.0. The van der Waals surface area contributed by atoms with Crippen LogP contribution in [0.1, 0.15) is 96.3 Å². The van der Waals surface area contributed by atoms with Gasteiger partial charge in [-0.05, 0) is 12.5 Å². The first-order valence-electron chi connectivity index (χ1n) is 9.19. The van der Waals surface area contributed by atoms with E-state index in [-0.39, 0.29) is 0 Å². The standard InChI is InChI=1S/C17H34Cl4Si/c18-16-14-12-10-8-6-4-2-1-3-5-7-9-11-13-15-17-22(19,20)21/h1-17H2. The Balaban J connectivity index is 3.00. The van der Waals surface area contributed by atoms with Crippen LogP contribution in [-0.4, -0.2) is 11.9 Å². The van der Waals surface area contributed by atoms with Gasteiger partial charge in [0, 0.05) is 5.88 Å². The molecule has 22 heavy (non-hydrogen) atoms. The van der Waals surface area contributed by atoms with Crippen molar-refractivity contribution in [1.82, 2.24) is 0 Å². The van der Waals surface area contributed by atoms with Gasteiger partial charge in [-0.15, -0.1) is 44.8 Å². The minimum atomic E-state index is -2.35. The molecule has 0 heterocycles. The van der Waals surface area contributed by atoms with Gasteiger partial charge in [0.25, 0.3) is 0 Å². The Labute approximate surface area is 158 Å². The zero-order valence-corrected chi connectivity index (χ0v) is 18.1. The third kappa shape index (κ3) is 21.4. The van der Waals surface area contributed by atoms with Gasteiger partial charge < -0.3 is 0 Å². The largest absolute Gasteiger partial charge is 0.341 e. The molecule has 0 bridgehead atoms. The Morgan fingerprint density at radius 1 is 0.409 bits per heavy atom. The Kier molecular flexibility index (Phi) is 18.3. The lowest BCUT2D eigenvalue weighted by Gasteiger charge is -2.07. The molecule has 0 aliphatic heterocycles. The molecule has 0 rings (SSSR count). The fourth-order valence-electron chi connectivity index (χ4n) is 2.72. The van der Waals surface area contributed by atoms with E-state index < -0.39 is 6.00 Å². The average Bonchev–Trinajstić information content (AvgIpc) is 2.45. The van der Waals surface area contributed by atoms with Crippen LogP contribution in [-0.2, 0) is 0 Å². The minimum absolute atomic E-state index is 0.823. The van der Waals surface area contributed by atoms with E-state index in [0.29, 0.717) is 0 Å². The van der Waals surface area contributed by atoms with E-state index in [1.807, 2.05) is 0 Å². The number of alkyl halides is 1. The van der Waals surface area contributed by atoms with Crippen molar-refractivity contribution in [3.63, 3.8) is 0 Å². The van der Waals surface area contributed by atoms with Crippen molar-refractivity contribution in [2.45, 2.75) is 102 Å². The molecular weight excluding hydrogens is 374 g/mol. The Hall–Kier alpha value is 1.38. The molecule has 0 aromatic carbocycles. The highest BCUT2D eigenvalue weighted by molar-refractivity contribution is 7.64. The van der Waals surface area contributed by atoms with Crippen molar-refractivity contribution in [2.75, 3.05) is 5.88 Å². The Morgan fingerprint density at radius 2 is 0.682 bits per heavy atom. The summed E-state index contributed by atoms with van der Waals surface area (Å²) in [7, 11) is 0. The van der Waals surface area contributed by atoms with Crippen molar-refractivity contribution in [3.8, 4) is 0 Å². The first kappa shape index (κ1) is 23.4. The van der Waals surface area contributed by atoms with Crippen LogP contribution in [0.5, 0.6) is 0 Å². The highest BCUT2D eigenvalue weighted by Crippen LogP contribution is 2.27. The van der Waals surface area contributed by atoms with Crippen LogP contribution in [0, 0.1) is 0 Å². The molecule has 0 amide bonds. The summed E-state index contributed by atoms with van der Waals surface area (Å²) in [5, 5.41) is 0. The zero-order valence-electron chi connectivity index (χ0n) is 14.0. The van der Waals surface area contributed by atoms with E-state index >= 15 is 0 Å². The van der Waals surface area contributed by atoms with Crippen LogP contribution in [0.25, 0.3) is 0 Å². The fourth-order valence-corrected chi connectivity index (χ4v) is 4.76. The highest BCUT2D eigenvalue weighted by atomic mass is 35.8. The van der Waals surface area contributed by atoms with E-state index in [9.17, 15) is 0 Å². The van der Waals surface area contributed by atoms with Gasteiger partial charge in [-0.1, -0.05) is 89.9 Å². The van der Waals surface area contributed by atoms with Gasteiger partial charge in [-0.25, -0.2) is 0 Å². The summed E-state index contributed by atoms with van der Waals surface area (Å²) in [6, 6.07) is -1.53. The number of unbranched alkanes of at least 4 members (excludes halogenated alkanes) is 14. The molecule has 0 N–H and O–H groups in total. The molecule has 0 aliphatic carbocycles. The van der Waals surface area contributed by atoms with Crippen molar-refractivity contribution in [2.24, 2.45) is 0 Å². The van der Waals surface area contributed by atoms with Crippen molar-refractivity contribution in [3.05, 3.63) is 0 Å². The van der Waals surface area contributed by atoms with Crippen LogP contribution < -0.4 is 0 Å². The molecule has 0 atom stereocenters. The lowest BCUT2D eigenvalue weighted by atomic mass is 10.0. The van der Waals surface area contributed by atoms with E-state index in [0.717, 1.165) is 18.3 Å². The highest BCUT2D eigenvalue weighted by Gasteiger charge is 2.23. The van der Waals surface area contributed by atoms with E-state index in [1.165, 1.54) is 89.9 Å². The smallest absolute Gasteiger partial charge is 0.127 e. The number of hydrogen-bond acceptors (Lipinski definition) is 0. The molecule has 0 aromatic rings. The van der Waals surface area contributed by atoms with Crippen LogP contribution in [0.2, 0.25) is 6.04 Å². The molecule has 0 saturated heterocycles. The minimum Gasteiger partial charge on any atom is -0.127 e. The second kappa shape index (κ2) is 17.2. The van der Waals surface area contributed by atoms with E-state index in [2.05, 4.69) is 0 Å². The van der Waals surface area contributed by atoms with Crippen molar-refractivity contribution < 1.29 is 0 Å². The zero-order chi connectivity index (χ0) is 16.5. The van der Waals surface area contributed by atoms with Gasteiger partial charge in [0.2, 0.25) is 0 Å². The molecular formula is C17H34Cl4Si. The summed E-state index contributed by atoms with van der Waals surface area (Å²) < 4.78 is 0. The van der Waals surface area contributed by atoms with Crippen molar-refractivity contribution >= 4 is 50.8 Å². The van der Waals surface area contributed by atoms with Gasteiger partial charge in [0.05, 0.1) is 0 Å². The lowest BCUT2D eigenvalue weighted by Crippen LogP contribution is -2.07. The second-order valence-electron chi connectivity index (χ2n) is 6.36. The van der Waals surface area contributed by atoms with Crippen LogP contribution in [0.3, 0.4) is 0 Å². The Bertz CT molecular complexity index is 219. The predicted octanol–water partition coefficient (Wildman–Crippen LogP) is 8.73. The first-order chi connectivity index (χ1) is 10.6. The molecule has 0 radical (unpaired) electrons. The summed E-state index contributed by atoms with van der Waals surface area (Å²) in [6.45, 7) is 0. The van der Waals surface area contributed by atoms with E-state index in [4.69, 9.17) is 44.8 Å². The predicted molar refractivity (Wildman–Crippen MR) is 108 cm³/mol. The topological polar surface area (TPSA) is 0 Å². The van der Waals surface area contributed by atoms with Gasteiger partial charge >= 0.3 is 6.00 Å². The van der Waals surface area contributed by atoms with Crippen LogP contribution in [0.4, 0.5) is 0 Å². The molecule has 0 spiro atoms. The number of hydrogen-bond donors (Lipinski definition) is 0. The van der Waals surface area contributed by atoms with Crippen LogP contribution >= 0.6 is 44.8 Å². The molecule has 0 fully saturated rings. The number of halogens is 4. The molecule has 0 unspecified atom stereocenters. The third-order valence-electron chi connectivity index (χ3n) is 4.09. The monoisotopic (exact) mass is 406 g/mol. The molecule has 0 nitrogen and oxygen atoms in total. The van der Waals surface area contributed by atoms with Gasteiger partial charge in [-0.2, -0.15) is 0 Å². The van der Waals surface area contributed by atoms with Gasteiger partial charge in [0.1, 0.15) is 0 Å². The van der Waals surface area contributed by atoms with Crippen molar-refractivity contribution in [1.29, 1.82) is 0 Å². The summed E-state index contributed by atoms with van der Waals surface area (Å²) >= 11 is 23.3. The summed E-state index contributed by atoms with van der Waals surface area (Å²) in [5.41, 5.74) is 0. The normalized spacial score (nSPS) is 12.0. The summed E-state index contributed by atoms with van der Waals surface area (Å²) in [5.74, 6) is 0.828.